The first-order valence-electron chi connectivity index (χ1n) is 8.73. The van der Waals surface area contributed by atoms with E-state index in [1.165, 1.54) is 11.1 Å². The molecule has 26 heavy (non-hydrogen) atoms. The summed E-state index contributed by atoms with van der Waals surface area (Å²) in [4.78, 5) is 0. The fourth-order valence-corrected chi connectivity index (χ4v) is 4.39. The summed E-state index contributed by atoms with van der Waals surface area (Å²) in [5.74, 6) is 0.100. The molecule has 0 amide bonds. The first-order valence-corrected chi connectivity index (χ1v) is 9.90. The molecule has 0 bridgehead atoms. The smallest absolute Gasteiger partial charge is 0.134 e. The van der Waals surface area contributed by atoms with E-state index in [-0.39, 0.29) is 17.0 Å². The molecule has 2 nitrogen and oxygen atoms in total. The van der Waals surface area contributed by atoms with Crippen LogP contribution < -0.4 is 0 Å². The summed E-state index contributed by atoms with van der Waals surface area (Å²) in [5, 5.41) is 10.2. The topological polar surface area (TPSA) is 29.5 Å². The fraction of sp³-hybridized carbons (Fsp3) is 0.364. The van der Waals surface area contributed by atoms with E-state index >= 15 is 0 Å². The van der Waals surface area contributed by atoms with Gasteiger partial charge < -0.3 is 9.84 Å². The van der Waals surface area contributed by atoms with Gasteiger partial charge in [0.15, 0.2) is 0 Å². The Labute approximate surface area is 169 Å². The molecule has 1 saturated heterocycles. The van der Waals surface area contributed by atoms with Gasteiger partial charge in [-0.3, -0.25) is 0 Å². The summed E-state index contributed by atoms with van der Waals surface area (Å²) in [6, 6.07) is 13.8. The zero-order valence-corrected chi connectivity index (χ0v) is 17.9. The number of benzene rings is 2. The Morgan fingerprint density at radius 3 is 2.04 bits per heavy atom. The van der Waals surface area contributed by atoms with Gasteiger partial charge in [0, 0.05) is 4.47 Å². The third kappa shape index (κ3) is 4.33. The van der Waals surface area contributed by atoms with E-state index in [0.29, 0.717) is 5.02 Å². The minimum Gasteiger partial charge on any atom is -0.506 e. The normalized spacial score (nSPS) is 18.6. The SMILES string of the molecule is CC1(C)CC(=C(c2ccc(Br)cc2)c2ccc(O)c(Cl)c2)CC(C)(C)O1. The lowest BCUT2D eigenvalue weighted by Gasteiger charge is -2.43. The van der Waals surface area contributed by atoms with Crippen molar-refractivity contribution in [1.29, 1.82) is 0 Å². The Morgan fingerprint density at radius 2 is 1.50 bits per heavy atom. The van der Waals surface area contributed by atoms with Crippen molar-refractivity contribution in [3.8, 4) is 5.75 Å². The van der Waals surface area contributed by atoms with Crippen LogP contribution in [-0.4, -0.2) is 16.3 Å². The van der Waals surface area contributed by atoms with Crippen LogP contribution in [0.1, 0.15) is 51.7 Å². The molecule has 0 saturated carbocycles. The van der Waals surface area contributed by atoms with Crippen molar-refractivity contribution in [3.63, 3.8) is 0 Å². The maximum Gasteiger partial charge on any atom is 0.134 e. The largest absolute Gasteiger partial charge is 0.506 e. The molecule has 2 aromatic carbocycles. The molecule has 2 aromatic rings. The molecule has 1 aliphatic heterocycles. The molecule has 1 fully saturated rings. The number of rotatable bonds is 2. The zero-order valence-electron chi connectivity index (χ0n) is 15.6. The summed E-state index contributed by atoms with van der Waals surface area (Å²) in [6.45, 7) is 8.54. The van der Waals surface area contributed by atoms with Crippen molar-refractivity contribution in [2.24, 2.45) is 0 Å². The van der Waals surface area contributed by atoms with Gasteiger partial charge in [-0.25, -0.2) is 0 Å². The highest BCUT2D eigenvalue weighted by atomic mass is 79.9. The van der Waals surface area contributed by atoms with Gasteiger partial charge in [0.1, 0.15) is 5.75 Å². The molecular weight excluding hydrogens is 412 g/mol. The maximum absolute atomic E-state index is 9.83. The molecule has 1 aliphatic rings. The Morgan fingerprint density at radius 1 is 0.962 bits per heavy atom. The van der Waals surface area contributed by atoms with E-state index in [1.807, 2.05) is 24.3 Å². The number of hydrogen-bond donors (Lipinski definition) is 1. The van der Waals surface area contributed by atoms with Gasteiger partial charge in [-0.15, -0.1) is 0 Å². The molecule has 0 unspecified atom stereocenters. The second-order valence-corrected chi connectivity index (χ2v) is 9.45. The summed E-state index contributed by atoms with van der Waals surface area (Å²) in [7, 11) is 0. The Bertz CT molecular complexity index is 833. The van der Waals surface area contributed by atoms with Gasteiger partial charge in [-0.05, 0) is 81.5 Å². The van der Waals surface area contributed by atoms with E-state index < -0.39 is 0 Å². The van der Waals surface area contributed by atoms with Crippen molar-refractivity contribution >= 4 is 33.1 Å². The minimum atomic E-state index is -0.238. The predicted octanol–water partition coefficient (Wildman–Crippen LogP) is 6.98. The summed E-state index contributed by atoms with van der Waals surface area (Å²) >= 11 is 9.73. The highest BCUT2D eigenvalue weighted by molar-refractivity contribution is 9.10. The Kier molecular flexibility index (Phi) is 5.26. The van der Waals surface area contributed by atoms with Gasteiger partial charge in [-0.2, -0.15) is 0 Å². The monoisotopic (exact) mass is 434 g/mol. The number of halogens is 2. The lowest BCUT2D eigenvalue weighted by molar-refractivity contribution is -0.138. The molecule has 138 valence electrons. The van der Waals surface area contributed by atoms with Crippen LogP contribution in [0.3, 0.4) is 0 Å². The summed E-state index contributed by atoms with van der Waals surface area (Å²) in [5.41, 5.74) is 4.19. The number of phenolic OH excluding ortho intramolecular Hbond substituents is 1. The van der Waals surface area contributed by atoms with Gasteiger partial charge in [0.25, 0.3) is 0 Å². The van der Waals surface area contributed by atoms with Crippen LogP contribution in [0.25, 0.3) is 5.57 Å². The maximum atomic E-state index is 9.83. The number of phenols is 1. The molecule has 0 atom stereocenters. The molecule has 0 aromatic heterocycles. The molecule has 4 heteroatoms. The van der Waals surface area contributed by atoms with E-state index in [9.17, 15) is 5.11 Å². The van der Waals surface area contributed by atoms with E-state index in [2.05, 4.69) is 55.8 Å². The average molecular weight is 436 g/mol. The summed E-state index contributed by atoms with van der Waals surface area (Å²) in [6.07, 6.45) is 1.70. The predicted molar refractivity (Wildman–Crippen MR) is 112 cm³/mol. The first kappa shape index (κ1) is 19.5. The average Bonchev–Trinajstić information content (AvgIpc) is 2.50. The molecule has 0 aliphatic carbocycles. The lowest BCUT2D eigenvalue weighted by atomic mass is 9.79. The van der Waals surface area contributed by atoms with Crippen LogP contribution in [0.15, 0.2) is 52.5 Å². The lowest BCUT2D eigenvalue weighted by Crippen LogP contribution is -2.42. The van der Waals surface area contributed by atoms with Crippen LogP contribution in [-0.2, 0) is 4.74 Å². The van der Waals surface area contributed by atoms with E-state index in [1.54, 1.807) is 6.07 Å². The Balaban J connectivity index is 2.22. The molecular formula is C22H24BrClO2. The molecule has 1 heterocycles. The fourth-order valence-electron chi connectivity index (χ4n) is 3.94. The van der Waals surface area contributed by atoms with Crippen molar-refractivity contribution in [2.45, 2.75) is 51.7 Å². The van der Waals surface area contributed by atoms with Crippen LogP contribution >= 0.6 is 27.5 Å². The van der Waals surface area contributed by atoms with Gasteiger partial charge in [0.2, 0.25) is 0 Å². The van der Waals surface area contributed by atoms with Crippen molar-refractivity contribution < 1.29 is 9.84 Å². The second-order valence-electron chi connectivity index (χ2n) is 8.13. The van der Waals surface area contributed by atoms with Crippen LogP contribution in [0.5, 0.6) is 5.75 Å². The first-order chi connectivity index (χ1) is 12.1. The number of ether oxygens (including phenoxy) is 1. The van der Waals surface area contributed by atoms with Crippen LogP contribution in [0.4, 0.5) is 0 Å². The van der Waals surface area contributed by atoms with E-state index in [4.69, 9.17) is 16.3 Å². The molecule has 1 N–H and O–H groups in total. The molecule has 0 spiro atoms. The highest BCUT2D eigenvalue weighted by Gasteiger charge is 2.37. The quantitative estimate of drug-likeness (QED) is 0.551. The van der Waals surface area contributed by atoms with Crippen molar-refractivity contribution in [1.82, 2.24) is 0 Å². The standard InChI is InChI=1S/C22H24BrClO2/c1-21(2)12-16(13-22(3,4)26-21)20(14-5-8-17(23)9-6-14)15-7-10-19(25)18(24)11-15/h5-11,25H,12-13H2,1-4H3. The minimum absolute atomic E-state index is 0.100. The second kappa shape index (κ2) is 7.03. The zero-order chi connectivity index (χ0) is 19.1. The van der Waals surface area contributed by atoms with Crippen LogP contribution in [0, 0.1) is 0 Å². The van der Waals surface area contributed by atoms with Crippen molar-refractivity contribution in [3.05, 3.63) is 68.7 Å². The van der Waals surface area contributed by atoms with Gasteiger partial charge in [-0.1, -0.05) is 51.3 Å². The molecule has 3 rings (SSSR count). The highest BCUT2D eigenvalue weighted by Crippen LogP contribution is 2.43. The van der Waals surface area contributed by atoms with E-state index in [0.717, 1.165) is 28.4 Å². The van der Waals surface area contributed by atoms with Gasteiger partial charge >= 0.3 is 0 Å². The number of aromatic hydroxyl groups is 1. The molecule has 0 radical (unpaired) electrons. The summed E-state index contributed by atoms with van der Waals surface area (Å²) < 4.78 is 7.31. The third-order valence-electron chi connectivity index (χ3n) is 4.55. The van der Waals surface area contributed by atoms with Crippen LogP contribution in [0.2, 0.25) is 5.02 Å². The third-order valence-corrected chi connectivity index (χ3v) is 5.39. The van der Waals surface area contributed by atoms with Crippen molar-refractivity contribution in [2.75, 3.05) is 0 Å². The number of hydrogen-bond acceptors (Lipinski definition) is 2. The van der Waals surface area contributed by atoms with Gasteiger partial charge in [0.05, 0.1) is 16.2 Å². The Hall–Kier alpha value is -1.29.